The Hall–Kier alpha value is -3.13. The van der Waals surface area contributed by atoms with E-state index < -0.39 is 11.8 Å². The van der Waals surface area contributed by atoms with E-state index in [2.05, 4.69) is 20.8 Å². The molecule has 2 heterocycles. The fourth-order valence-electron chi connectivity index (χ4n) is 1.84. The van der Waals surface area contributed by atoms with Gasteiger partial charge in [-0.25, -0.2) is 9.37 Å². The van der Waals surface area contributed by atoms with Gasteiger partial charge in [0.15, 0.2) is 0 Å². The van der Waals surface area contributed by atoms with Crippen LogP contribution in [0.15, 0.2) is 54.0 Å². The van der Waals surface area contributed by atoms with Crippen molar-refractivity contribution in [2.75, 3.05) is 0 Å². The van der Waals surface area contributed by atoms with Gasteiger partial charge in [-0.2, -0.15) is 0 Å². The Morgan fingerprint density at radius 3 is 2.33 bits per heavy atom. The molecular weight excluding hydrogens is 331 g/mol. The molecule has 0 unspecified atom stereocenters. The van der Waals surface area contributed by atoms with Gasteiger partial charge in [-0.1, -0.05) is 6.07 Å². The average Bonchev–Trinajstić information content (AvgIpc) is 3.11. The maximum Gasteiger partial charge on any atom is 0.289 e. The van der Waals surface area contributed by atoms with Crippen molar-refractivity contribution in [3.8, 4) is 10.6 Å². The minimum atomic E-state index is -0.552. The van der Waals surface area contributed by atoms with Crippen molar-refractivity contribution < 1.29 is 14.0 Å². The fourth-order valence-corrected chi connectivity index (χ4v) is 2.65. The number of thiazole rings is 1. The topological polar surface area (TPSA) is 84.0 Å². The second kappa shape index (κ2) is 6.97. The number of rotatable bonds is 3. The maximum absolute atomic E-state index is 12.9. The molecule has 0 aliphatic rings. The molecule has 0 aliphatic heterocycles. The smallest absolute Gasteiger partial charge is 0.266 e. The van der Waals surface area contributed by atoms with Crippen LogP contribution in [0.2, 0.25) is 0 Å². The van der Waals surface area contributed by atoms with Crippen molar-refractivity contribution in [2.45, 2.75) is 0 Å². The Kier molecular flexibility index (Phi) is 4.57. The van der Waals surface area contributed by atoms with E-state index in [9.17, 15) is 14.0 Å². The number of nitrogens with zero attached hydrogens (tertiary/aromatic N) is 2. The number of carbonyl (C=O) groups excluding carboxylic acids is 2. The van der Waals surface area contributed by atoms with Crippen LogP contribution in [-0.4, -0.2) is 21.8 Å². The molecule has 3 aromatic rings. The zero-order valence-corrected chi connectivity index (χ0v) is 13.0. The number of hydrogen-bond donors (Lipinski definition) is 2. The molecule has 0 radical (unpaired) electrons. The highest BCUT2D eigenvalue weighted by molar-refractivity contribution is 7.13. The molecule has 0 fully saturated rings. The number of hydrazine groups is 1. The highest BCUT2D eigenvalue weighted by atomic mass is 32.1. The van der Waals surface area contributed by atoms with Crippen molar-refractivity contribution >= 4 is 23.2 Å². The Bertz CT molecular complexity index is 865. The lowest BCUT2D eigenvalue weighted by molar-refractivity contribution is 0.0841. The van der Waals surface area contributed by atoms with Crippen LogP contribution in [-0.2, 0) is 0 Å². The van der Waals surface area contributed by atoms with Crippen LogP contribution in [0.1, 0.15) is 21.0 Å². The van der Waals surface area contributed by atoms with Gasteiger partial charge >= 0.3 is 0 Å². The van der Waals surface area contributed by atoms with E-state index in [-0.39, 0.29) is 17.2 Å². The first kappa shape index (κ1) is 15.8. The lowest BCUT2D eigenvalue weighted by Gasteiger charge is -2.04. The van der Waals surface area contributed by atoms with E-state index >= 15 is 0 Å². The average molecular weight is 342 g/mol. The summed E-state index contributed by atoms with van der Waals surface area (Å²) in [5.41, 5.74) is 5.59. The third kappa shape index (κ3) is 3.61. The van der Waals surface area contributed by atoms with Crippen LogP contribution >= 0.6 is 11.3 Å². The number of pyridine rings is 1. The van der Waals surface area contributed by atoms with Crippen molar-refractivity contribution in [3.63, 3.8) is 0 Å². The van der Waals surface area contributed by atoms with Crippen LogP contribution in [0.5, 0.6) is 0 Å². The summed E-state index contributed by atoms with van der Waals surface area (Å²) in [6.45, 7) is 0. The highest BCUT2D eigenvalue weighted by Crippen LogP contribution is 2.23. The number of hydrogen-bond acceptors (Lipinski definition) is 5. The zero-order valence-electron chi connectivity index (χ0n) is 12.2. The van der Waals surface area contributed by atoms with E-state index in [4.69, 9.17) is 0 Å². The summed E-state index contributed by atoms with van der Waals surface area (Å²) in [4.78, 5) is 31.9. The molecule has 0 saturated heterocycles. The van der Waals surface area contributed by atoms with Crippen LogP contribution in [0.4, 0.5) is 4.39 Å². The Labute approximate surface area is 140 Å². The van der Waals surface area contributed by atoms with Crippen LogP contribution < -0.4 is 10.9 Å². The van der Waals surface area contributed by atoms with Crippen LogP contribution in [0.3, 0.4) is 0 Å². The minimum absolute atomic E-state index is 0.153. The summed E-state index contributed by atoms with van der Waals surface area (Å²) in [5, 5.41) is 2.14. The SMILES string of the molecule is O=C(NNC(=O)c1csc(-c2ccc(F)cc2)n1)c1ccccn1. The van der Waals surface area contributed by atoms with Gasteiger partial charge in [0.25, 0.3) is 11.8 Å². The van der Waals surface area contributed by atoms with Gasteiger partial charge in [-0.15, -0.1) is 11.3 Å². The molecule has 120 valence electrons. The second-order valence-corrected chi connectivity index (χ2v) is 5.53. The molecule has 0 atom stereocenters. The Morgan fingerprint density at radius 2 is 1.67 bits per heavy atom. The van der Waals surface area contributed by atoms with E-state index in [1.807, 2.05) is 0 Å². The molecule has 2 aromatic heterocycles. The van der Waals surface area contributed by atoms with Gasteiger partial charge in [0.2, 0.25) is 0 Å². The summed E-state index contributed by atoms with van der Waals surface area (Å²) < 4.78 is 12.9. The quantitative estimate of drug-likeness (QED) is 0.716. The van der Waals surface area contributed by atoms with Gasteiger partial charge < -0.3 is 0 Å². The predicted molar refractivity (Wildman–Crippen MR) is 86.7 cm³/mol. The molecule has 2 amide bonds. The van der Waals surface area contributed by atoms with Crippen molar-refractivity contribution in [1.82, 2.24) is 20.8 Å². The van der Waals surface area contributed by atoms with Crippen molar-refractivity contribution in [2.24, 2.45) is 0 Å². The van der Waals surface area contributed by atoms with E-state index in [0.29, 0.717) is 10.6 Å². The van der Waals surface area contributed by atoms with Crippen molar-refractivity contribution in [1.29, 1.82) is 0 Å². The number of halogens is 1. The molecule has 24 heavy (non-hydrogen) atoms. The molecule has 0 bridgehead atoms. The van der Waals surface area contributed by atoms with Gasteiger partial charge in [0, 0.05) is 17.1 Å². The number of aromatic nitrogens is 2. The third-order valence-electron chi connectivity index (χ3n) is 3.02. The molecule has 1 aromatic carbocycles. The summed E-state index contributed by atoms with van der Waals surface area (Å²) in [7, 11) is 0. The standard InChI is InChI=1S/C16H11FN4O2S/c17-11-6-4-10(5-7-11)16-19-13(9-24-16)15(23)21-20-14(22)12-3-1-2-8-18-12/h1-9H,(H,20,22)(H,21,23). The minimum Gasteiger partial charge on any atom is -0.266 e. The third-order valence-corrected chi connectivity index (χ3v) is 3.91. The number of carbonyl (C=O) groups is 2. The Morgan fingerprint density at radius 1 is 0.958 bits per heavy atom. The first-order valence-corrected chi connectivity index (χ1v) is 7.74. The first-order chi connectivity index (χ1) is 11.6. The molecule has 0 saturated carbocycles. The largest absolute Gasteiger partial charge is 0.289 e. The molecule has 0 aliphatic carbocycles. The fraction of sp³-hybridized carbons (Fsp3) is 0. The monoisotopic (exact) mass is 342 g/mol. The molecule has 8 heteroatoms. The summed E-state index contributed by atoms with van der Waals surface area (Å²) >= 11 is 1.25. The lowest BCUT2D eigenvalue weighted by atomic mass is 10.2. The van der Waals surface area contributed by atoms with E-state index in [1.165, 1.54) is 35.7 Å². The number of amides is 2. The predicted octanol–water partition coefficient (Wildman–Crippen LogP) is 2.42. The summed E-state index contributed by atoms with van der Waals surface area (Å²) in [5.74, 6) is -1.42. The zero-order chi connectivity index (χ0) is 16.9. The van der Waals surface area contributed by atoms with Gasteiger partial charge in [0.05, 0.1) is 0 Å². The highest BCUT2D eigenvalue weighted by Gasteiger charge is 2.13. The first-order valence-electron chi connectivity index (χ1n) is 6.86. The number of nitrogens with one attached hydrogen (secondary N) is 2. The molecule has 2 N–H and O–H groups in total. The van der Waals surface area contributed by atoms with Gasteiger partial charge in [-0.05, 0) is 36.4 Å². The van der Waals surface area contributed by atoms with Gasteiger partial charge in [-0.3, -0.25) is 25.4 Å². The molecule has 3 rings (SSSR count). The summed E-state index contributed by atoms with van der Waals surface area (Å²) in [6, 6.07) is 10.7. The molecule has 0 spiro atoms. The normalized spacial score (nSPS) is 10.2. The maximum atomic E-state index is 12.9. The Balaban J connectivity index is 1.64. The number of benzene rings is 1. The van der Waals surface area contributed by atoms with Crippen LogP contribution in [0, 0.1) is 5.82 Å². The van der Waals surface area contributed by atoms with Gasteiger partial charge in [0.1, 0.15) is 22.2 Å². The summed E-state index contributed by atoms with van der Waals surface area (Å²) in [6.07, 6.45) is 1.48. The van der Waals surface area contributed by atoms with E-state index in [0.717, 1.165) is 0 Å². The molecular formula is C16H11FN4O2S. The lowest BCUT2D eigenvalue weighted by Crippen LogP contribution is -2.42. The van der Waals surface area contributed by atoms with Crippen molar-refractivity contribution in [3.05, 3.63) is 71.2 Å². The van der Waals surface area contributed by atoms with E-state index in [1.54, 1.807) is 29.6 Å². The second-order valence-electron chi connectivity index (χ2n) is 4.67. The van der Waals surface area contributed by atoms with Crippen LogP contribution in [0.25, 0.3) is 10.6 Å². The molecule has 6 nitrogen and oxygen atoms in total.